The number of ether oxygens (including phenoxy) is 1. The van der Waals surface area contributed by atoms with Gasteiger partial charge in [0.25, 0.3) is 0 Å². The average molecular weight is 560 g/mol. The molecular formula is C37H41N3O2. The van der Waals surface area contributed by atoms with Crippen LogP contribution < -0.4 is 10.1 Å². The van der Waals surface area contributed by atoms with Crippen molar-refractivity contribution in [1.29, 1.82) is 0 Å². The Labute approximate surface area is 249 Å². The maximum atomic E-state index is 13.0. The highest BCUT2D eigenvalue weighted by atomic mass is 16.5. The molecule has 5 aromatic rings. The summed E-state index contributed by atoms with van der Waals surface area (Å²) in [7, 11) is 0. The third-order valence-corrected chi connectivity index (χ3v) is 7.98. The molecule has 1 aromatic heterocycles. The third kappa shape index (κ3) is 7.27. The molecule has 5 heteroatoms. The van der Waals surface area contributed by atoms with Crippen molar-refractivity contribution in [3.63, 3.8) is 0 Å². The SMILES string of the molecule is CCC(C)c1ccc(OCCCCn2c(C(C)NC(=O)Cc3ccc(-c4ccccc4)cc3)nc3ccccc32)cc1. The molecule has 1 heterocycles. The van der Waals surface area contributed by atoms with E-state index in [9.17, 15) is 4.79 Å². The van der Waals surface area contributed by atoms with E-state index >= 15 is 0 Å². The number of hydrogen-bond acceptors (Lipinski definition) is 3. The molecule has 0 spiro atoms. The molecular weight excluding hydrogens is 518 g/mol. The fourth-order valence-corrected chi connectivity index (χ4v) is 5.34. The molecule has 216 valence electrons. The molecule has 0 aliphatic heterocycles. The van der Waals surface area contributed by atoms with E-state index in [0.717, 1.165) is 59.5 Å². The van der Waals surface area contributed by atoms with Crippen molar-refractivity contribution in [3.05, 3.63) is 120 Å². The van der Waals surface area contributed by atoms with Gasteiger partial charge in [0, 0.05) is 6.54 Å². The lowest BCUT2D eigenvalue weighted by Gasteiger charge is -2.17. The second-order valence-corrected chi connectivity index (χ2v) is 11.1. The number of hydrogen-bond donors (Lipinski definition) is 1. The number of imidazole rings is 1. The van der Waals surface area contributed by atoms with Gasteiger partial charge in [-0.1, -0.05) is 92.7 Å². The van der Waals surface area contributed by atoms with Gasteiger partial charge in [0.2, 0.25) is 5.91 Å². The summed E-state index contributed by atoms with van der Waals surface area (Å²) >= 11 is 0. The number of amides is 1. The van der Waals surface area contributed by atoms with E-state index in [4.69, 9.17) is 9.72 Å². The minimum absolute atomic E-state index is 0.0127. The van der Waals surface area contributed by atoms with Crippen molar-refractivity contribution in [2.24, 2.45) is 0 Å². The standard InChI is InChI=1S/C37H41N3O2/c1-4-27(2)30-20-22-33(23-21-30)42-25-11-10-24-40-35-15-9-8-14-34(35)39-37(40)28(3)38-36(41)26-29-16-18-32(19-17-29)31-12-6-5-7-13-31/h5-9,12-23,27-28H,4,10-11,24-26H2,1-3H3,(H,38,41). The number of carbonyl (C=O) groups excluding carboxylic acids is 1. The molecule has 2 unspecified atom stereocenters. The first-order valence-electron chi connectivity index (χ1n) is 15.1. The van der Waals surface area contributed by atoms with Gasteiger partial charge < -0.3 is 14.6 Å². The molecule has 5 rings (SSSR count). The molecule has 0 radical (unpaired) electrons. The van der Waals surface area contributed by atoms with Crippen LogP contribution in [-0.4, -0.2) is 22.1 Å². The molecule has 0 aliphatic rings. The Bertz CT molecular complexity index is 1570. The van der Waals surface area contributed by atoms with E-state index in [1.54, 1.807) is 0 Å². The topological polar surface area (TPSA) is 56.1 Å². The largest absolute Gasteiger partial charge is 0.494 e. The zero-order chi connectivity index (χ0) is 29.3. The van der Waals surface area contributed by atoms with E-state index in [1.807, 2.05) is 55.5 Å². The van der Waals surface area contributed by atoms with Crippen molar-refractivity contribution in [2.45, 2.75) is 65.0 Å². The monoisotopic (exact) mass is 559 g/mol. The molecule has 0 bridgehead atoms. The van der Waals surface area contributed by atoms with Crippen molar-refractivity contribution >= 4 is 16.9 Å². The second kappa shape index (κ2) is 14.0. The minimum Gasteiger partial charge on any atom is -0.494 e. The Morgan fingerprint density at radius 2 is 1.52 bits per heavy atom. The normalized spacial score (nSPS) is 12.6. The number of carbonyl (C=O) groups is 1. The van der Waals surface area contributed by atoms with Crippen molar-refractivity contribution in [3.8, 4) is 16.9 Å². The van der Waals surface area contributed by atoms with Gasteiger partial charge in [-0.05, 0) is 78.6 Å². The highest BCUT2D eigenvalue weighted by molar-refractivity contribution is 5.80. The highest BCUT2D eigenvalue weighted by Crippen LogP contribution is 2.24. The number of nitrogens with zero attached hydrogens (tertiary/aromatic N) is 2. The summed E-state index contributed by atoms with van der Waals surface area (Å²) in [6.07, 6.45) is 3.34. The first kappa shape index (κ1) is 29.1. The lowest BCUT2D eigenvalue weighted by Crippen LogP contribution is -2.30. The van der Waals surface area contributed by atoms with Crippen LogP contribution in [0.4, 0.5) is 0 Å². The summed E-state index contributed by atoms with van der Waals surface area (Å²) in [4.78, 5) is 17.9. The molecule has 42 heavy (non-hydrogen) atoms. The van der Waals surface area contributed by atoms with E-state index < -0.39 is 0 Å². The van der Waals surface area contributed by atoms with Gasteiger partial charge in [0.1, 0.15) is 11.6 Å². The summed E-state index contributed by atoms with van der Waals surface area (Å²) in [6.45, 7) is 7.96. The number of rotatable bonds is 13. The Hall–Kier alpha value is -4.38. The molecule has 5 nitrogen and oxygen atoms in total. The number of unbranched alkanes of at least 4 members (excludes halogenated alkanes) is 1. The van der Waals surface area contributed by atoms with Crippen LogP contribution in [-0.2, 0) is 17.8 Å². The Balaban J connectivity index is 1.17. The Morgan fingerprint density at radius 3 is 2.26 bits per heavy atom. The van der Waals surface area contributed by atoms with Gasteiger partial charge in [-0.25, -0.2) is 4.98 Å². The maximum Gasteiger partial charge on any atom is 0.224 e. The first-order valence-corrected chi connectivity index (χ1v) is 15.1. The van der Waals surface area contributed by atoms with E-state index in [-0.39, 0.29) is 11.9 Å². The summed E-state index contributed by atoms with van der Waals surface area (Å²) < 4.78 is 8.26. The number of nitrogens with one attached hydrogen (secondary N) is 1. The Morgan fingerprint density at radius 1 is 0.833 bits per heavy atom. The lowest BCUT2D eigenvalue weighted by atomic mass is 9.99. The van der Waals surface area contributed by atoms with Gasteiger partial charge in [-0.2, -0.15) is 0 Å². The molecule has 0 saturated carbocycles. The van der Waals surface area contributed by atoms with Gasteiger partial charge in [-0.3, -0.25) is 4.79 Å². The zero-order valence-electron chi connectivity index (χ0n) is 24.9. The van der Waals surface area contributed by atoms with Crippen LogP contribution in [0.2, 0.25) is 0 Å². The van der Waals surface area contributed by atoms with E-state index in [2.05, 4.69) is 78.3 Å². The van der Waals surface area contributed by atoms with Gasteiger partial charge in [-0.15, -0.1) is 0 Å². The predicted molar refractivity (Wildman–Crippen MR) is 172 cm³/mol. The van der Waals surface area contributed by atoms with Crippen LogP contribution in [0.25, 0.3) is 22.2 Å². The van der Waals surface area contributed by atoms with Crippen LogP contribution in [0, 0.1) is 0 Å². The van der Waals surface area contributed by atoms with Crippen LogP contribution in [0.1, 0.15) is 68.9 Å². The fourth-order valence-electron chi connectivity index (χ4n) is 5.34. The molecule has 4 aromatic carbocycles. The number of para-hydroxylation sites is 2. The van der Waals surface area contributed by atoms with Gasteiger partial charge >= 0.3 is 0 Å². The first-order chi connectivity index (χ1) is 20.5. The van der Waals surface area contributed by atoms with Crippen molar-refractivity contribution < 1.29 is 9.53 Å². The van der Waals surface area contributed by atoms with E-state index in [0.29, 0.717) is 18.9 Å². The summed E-state index contributed by atoms with van der Waals surface area (Å²) in [5.74, 6) is 2.35. The summed E-state index contributed by atoms with van der Waals surface area (Å²) in [5, 5.41) is 3.18. The minimum atomic E-state index is -0.214. The predicted octanol–water partition coefficient (Wildman–Crippen LogP) is 8.50. The molecule has 0 saturated heterocycles. The smallest absolute Gasteiger partial charge is 0.224 e. The average Bonchev–Trinajstić information content (AvgIpc) is 3.40. The quantitative estimate of drug-likeness (QED) is 0.147. The van der Waals surface area contributed by atoms with Crippen molar-refractivity contribution in [2.75, 3.05) is 6.61 Å². The molecule has 0 aliphatic carbocycles. The number of aryl methyl sites for hydroxylation is 1. The molecule has 2 atom stereocenters. The highest BCUT2D eigenvalue weighted by Gasteiger charge is 2.18. The maximum absolute atomic E-state index is 13.0. The molecule has 0 fully saturated rings. The summed E-state index contributed by atoms with van der Waals surface area (Å²) in [5.41, 5.74) is 6.69. The van der Waals surface area contributed by atoms with Crippen LogP contribution in [0.3, 0.4) is 0 Å². The van der Waals surface area contributed by atoms with Crippen molar-refractivity contribution in [1.82, 2.24) is 14.9 Å². The number of aromatic nitrogens is 2. The Kier molecular flexibility index (Phi) is 9.70. The summed E-state index contributed by atoms with van der Waals surface area (Å²) in [6, 6.07) is 34.9. The van der Waals surface area contributed by atoms with Gasteiger partial charge in [0.15, 0.2) is 0 Å². The number of benzene rings is 4. The van der Waals surface area contributed by atoms with E-state index in [1.165, 1.54) is 11.1 Å². The second-order valence-electron chi connectivity index (χ2n) is 11.1. The zero-order valence-corrected chi connectivity index (χ0v) is 24.9. The van der Waals surface area contributed by atoms with Crippen LogP contribution in [0.15, 0.2) is 103 Å². The molecule has 1 amide bonds. The fraction of sp³-hybridized carbons (Fsp3) is 0.297. The van der Waals surface area contributed by atoms with Gasteiger partial charge in [0.05, 0.1) is 30.1 Å². The third-order valence-electron chi connectivity index (χ3n) is 7.98. The molecule has 1 N–H and O–H groups in total. The lowest BCUT2D eigenvalue weighted by molar-refractivity contribution is -0.121. The van der Waals surface area contributed by atoms with Crippen LogP contribution in [0.5, 0.6) is 5.75 Å². The van der Waals surface area contributed by atoms with Crippen LogP contribution >= 0.6 is 0 Å². The number of fused-ring (bicyclic) bond motifs is 1.